The smallest absolute Gasteiger partial charge is 0.249 e. The van der Waals surface area contributed by atoms with Crippen molar-refractivity contribution in [2.45, 2.75) is 6.18 Å². The third-order valence-electron chi connectivity index (χ3n) is 1.28. The Morgan fingerprint density at radius 1 is 1.46 bits per heavy atom. The lowest BCUT2D eigenvalue weighted by molar-refractivity contribution is -0.141. The van der Waals surface area contributed by atoms with E-state index in [4.69, 9.17) is 6.42 Å². The van der Waals surface area contributed by atoms with Crippen molar-refractivity contribution in [1.82, 2.24) is 4.98 Å². The minimum atomic E-state index is -4.50. The van der Waals surface area contributed by atoms with Crippen LogP contribution in [0.3, 0.4) is 0 Å². The largest absolute Gasteiger partial charge is 0.434 e. The molecule has 0 aromatic carbocycles. The monoisotopic (exact) mass is 249 g/mol. The quantitative estimate of drug-likeness (QED) is 0.645. The van der Waals surface area contributed by atoms with Gasteiger partial charge in [0.15, 0.2) is 5.69 Å². The number of aromatic nitrogens is 1. The van der Waals surface area contributed by atoms with Crippen LogP contribution in [0.5, 0.6) is 0 Å². The maximum atomic E-state index is 12.2. The molecule has 0 aliphatic rings. The van der Waals surface area contributed by atoms with Gasteiger partial charge in [-0.3, -0.25) is 0 Å². The Balaban J connectivity index is 3.32. The lowest BCUT2D eigenvalue weighted by Gasteiger charge is -2.07. The molecular weight excluding hydrogens is 247 g/mol. The SMILES string of the molecule is C#Cc1cc(Br)cnc1C(F)(F)F. The molecule has 0 spiro atoms. The van der Waals surface area contributed by atoms with E-state index in [-0.39, 0.29) is 5.56 Å². The molecule has 0 amide bonds. The number of halogens is 4. The molecule has 0 atom stereocenters. The average Bonchev–Trinajstić information content (AvgIpc) is 2.01. The summed E-state index contributed by atoms with van der Waals surface area (Å²) in [5.74, 6) is 1.93. The molecule has 13 heavy (non-hydrogen) atoms. The van der Waals surface area contributed by atoms with Crippen LogP contribution >= 0.6 is 15.9 Å². The van der Waals surface area contributed by atoms with Crippen molar-refractivity contribution in [3.63, 3.8) is 0 Å². The molecule has 0 saturated carbocycles. The molecule has 5 heteroatoms. The van der Waals surface area contributed by atoms with Crippen molar-refractivity contribution in [3.05, 3.63) is 28.0 Å². The van der Waals surface area contributed by atoms with Crippen LogP contribution in [0, 0.1) is 12.3 Å². The van der Waals surface area contributed by atoms with Crippen molar-refractivity contribution < 1.29 is 13.2 Å². The Morgan fingerprint density at radius 3 is 2.54 bits per heavy atom. The Morgan fingerprint density at radius 2 is 2.08 bits per heavy atom. The number of rotatable bonds is 0. The zero-order valence-corrected chi connectivity index (χ0v) is 7.78. The third-order valence-corrected chi connectivity index (χ3v) is 1.71. The number of hydrogen-bond donors (Lipinski definition) is 0. The van der Waals surface area contributed by atoms with Crippen LogP contribution in [0.4, 0.5) is 13.2 Å². The van der Waals surface area contributed by atoms with Crippen LogP contribution in [-0.4, -0.2) is 4.98 Å². The van der Waals surface area contributed by atoms with Gasteiger partial charge in [-0.05, 0) is 22.0 Å². The minimum absolute atomic E-state index is 0.262. The predicted molar refractivity (Wildman–Crippen MR) is 44.9 cm³/mol. The minimum Gasteiger partial charge on any atom is -0.249 e. The zero-order valence-electron chi connectivity index (χ0n) is 6.19. The van der Waals surface area contributed by atoms with Gasteiger partial charge in [-0.15, -0.1) is 6.42 Å². The highest BCUT2D eigenvalue weighted by molar-refractivity contribution is 9.10. The fourth-order valence-electron chi connectivity index (χ4n) is 0.775. The van der Waals surface area contributed by atoms with Gasteiger partial charge in [0.1, 0.15) is 0 Å². The highest BCUT2D eigenvalue weighted by Gasteiger charge is 2.34. The van der Waals surface area contributed by atoms with Gasteiger partial charge in [0.2, 0.25) is 0 Å². The second-order valence-electron chi connectivity index (χ2n) is 2.19. The maximum absolute atomic E-state index is 12.2. The highest BCUT2D eigenvalue weighted by Crippen LogP contribution is 2.30. The summed E-state index contributed by atoms with van der Waals surface area (Å²) >= 11 is 2.98. The zero-order chi connectivity index (χ0) is 10.1. The van der Waals surface area contributed by atoms with E-state index in [1.807, 2.05) is 5.92 Å². The number of hydrogen-bond acceptors (Lipinski definition) is 1. The van der Waals surface area contributed by atoms with Crippen LogP contribution in [-0.2, 0) is 6.18 Å². The summed E-state index contributed by atoms with van der Waals surface area (Å²) < 4.78 is 37.0. The van der Waals surface area contributed by atoms with Crippen molar-refractivity contribution in [3.8, 4) is 12.3 Å². The molecule has 0 radical (unpaired) electrons. The number of alkyl halides is 3. The Kier molecular flexibility index (Phi) is 2.62. The second kappa shape index (κ2) is 3.38. The first-order valence-corrected chi connectivity index (χ1v) is 3.94. The molecule has 1 aromatic rings. The van der Waals surface area contributed by atoms with Gasteiger partial charge in [-0.2, -0.15) is 13.2 Å². The summed E-state index contributed by atoms with van der Waals surface area (Å²) in [6.45, 7) is 0. The van der Waals surface area contributed by atoms with Gasteiger partial charge >= 0.3 is 6.18 Å². The molecule has 0 aliphatic carbocycles. The molecule has 1 heterocycles. The molecule has 0 N–H and O–H groups in total. The van der Waals surface area contributed by atoms with Gasteiger partial charge < -0.3 is 0 Å². The number of terminal acetylenes is 1. The second-order valence-corrected chi connectivity index (χ2v) is 3.11. The number of nitrogens with zero attached hydrogens (tertiary/aromatic N) is 1. The normalized spacial score (nSPS) is 11.0. The van der Waals surface area contributed by atoms with Crippen LogP contribution in [0.2, 0.25) is 0 Å². The first kappa shape index (κ1) is 10.1. The van der Waals surface area contributed by atoms with Crippen LogP contribution in [0.25, 0.3) is 0 Å². The van der Waals surface area contributed by atoms with Gasteiger partial charge in [0.25, 0.3) is 0 Å². The van der Waals surface area contributed by atoms with Gasteiger partial charge in [0, 0.05) is 10.7 Å². The van der Waals surface area contributed by atoms with Gasteiger partial charge in [0.05, 0.1) is 5.56 Å². The van der Waals surface area contributed by atoms with Crippen LogP contribution in [0.1, 0.15) is 11.3 Å². The Hall–Kier alpha value is -1.02. The average molecular weight is 250 g/mol. The number of pyridine rings is 1. The van der Waals surface area contributed by atoms with Crippen molar-refractivity contribution in [1.29, 1.82) is 0 Å². The van der Waals surface area contributed by atoms with Crippen molar-refractivity contribution in [2.24, 2.45) is 0 Å². The lowest BCUT2D eigenvalue weighted by atomic mass is 10.2. The highest BCUT2D eigenvalue weighted by atomic mass is 79.9. The molecule has 68 valence electrons. The Labute approximate surface area is 81.1 Å². The van der Waals surface area contributed by atoms with Crippen molar-refractivity contribution in [2.75, 3.05) is 0 Å². The molecule has 0 aliphatic heterocycles. The van der Waals surface area contributed by atoms with Crippen LogP contribution in [0.15, 0.2) is 16.7 Å². The van der Waals surface area contributed by atoms with Crippen LogP contribution < -0.4 is 0 Å². The van der Waals surface area contributed by atoms with E-state index in [0.29, 0.717) is 4.47 Å². The van der Waals surface area contributed by atoms with E-state index in [1.165, 1.54) is 6.07 Å². The fraction of sp³-hybridized carbons (Fsp3) is 0.125. The first-order valence-electron chi connectivity index (χ1n) is 3.14. The Bertz CT molecular complexity index is 365. The summed E-state index contributed by atoms with van der Waals surface area (Å²) in [4.78, 5) is 3.21. The molecule has 0 bridgehead atoms. The van der Waals surface area contributed by atoms with Crippen molar-refractivity contribution >= 4 is 15.9 Å². The topological polar surface area (TPSA) is 12.9 Å². The summed E-state index contributed by atoms with van der Waals surface area (Å²) in [5, 5.41) is 0. The third kappa shape index (κ3) is 2.22. The molecule has 1 rings (SSSR count). The molecule has 0 fully saturated rings. The van der Waals surface area contributed by atoms with E-state index < -0.39 is 11.9 Å². The first-order chi connectivity index (χ1) is 5.95. The maximum Gasteiger partial charge on any atom is 0.434 e. The van der Waals surface area contributed by atoms with E-state index in [0.717, 1.165) is 6.20 Å². The van der Waals surface area contributed by atoms with E-state index in [9.17, 15) is 13.2 Å². The van der Waals surface area contributed by atoms with Gasteiger partial charge in [-0.25, -0.2) is 4.98 Å². The molecule has 1 nitrogen and oxygen atoms in total. The lowest BCUT2D eigenvalue weighted by Crippen LogP contribution is -2.10. The predicted octanol–water partition coefficient (Wildman–Crippen LogP) is 2.84. The van der Waals surface area contributed by atoms with E-state index in [2.05, 4.69) is 20.9 Å². The standard InChI is InChI=1S/C8H3BrF3N/c1-2-5-3-6(9)4-13-7(5)8(10,11)12/h1,3-4H. The van der Waals surface area contributed by atoms with E-state index in [1.54, 1.807) is 0 Å². The van der Waals surface area contributed by atoms with E-state index >= 15 is 0 Å². The fourth-order valence-corrected chi connectivity index (χ4v) is 1.11. The molecule has 0 saturated heterocycles. The summed E-state index contributed by atoms with van der Waals surface area (Å²) in [7, 11) is 0. The molecule has 1 aromatic heterocycles. The molecule has 0 unspecified atom stereocenters. The summed E-state index contributed by atoms with van der Waals surface area (Å²) in [6, 6.07) is 1.20. The van der Waals surface area contributed by atoms with Gasteiger partial charge in [-0.1, -0.05) is 5.92 Å². The summed E-state index contributed by atoms with van der Waals surface area (Å²) in [6.07, 6.45) is 1.47. The molecular formula is C8H3BrF3N. The summed E-state index contributed by atoms with van der Waals surface area (Å²) in [5.41, 5.74) is -1.29.